The molecule has 2 heterocycles. The van der Waals surface area contributed by atoms with Crippen molar-refractivity contribution in [3.05, 3.63) is 35.9 Å². The highest BCUT2D eigenvalue weighted by Crippen LogP contribution is 2.25. The third-order valence-electron chi connectivity index (χ3n) is 5.20. The summed E-state index contributed by atoms with van der Waals surface area (Å²) in [5.74, 6) is 1.08. The summed E-state index contributed by atoms with van der Waals surface area (Å²) in [5.41, 5.74) is 1.86. The number of imidazole rings is 1. The number of benzene rings is 1. The van der Waals surface area contributed by atoms with Crippen molar-refractivity contribution in [2.45, 2.75) is 38.3 Å². The lowest BCUT2D eigenvalue weighted by Crippen LogP contribution is -2.41. The fourth-order valence-electron chi connectivity index (χ4n) is 3.59. The van der Waals surface area contributed by atoms with Crippen molar-refractivity contribution in [1.82, 2.24) is 30.9 Å². The molecule has 0 saturated heterocycles. The van der Waals surface area contributed by atoms with Crippen LogP contribution in [0.25, 0.3) is 11.0 Å². The first-order valence-corrected chi connectivity index (χ1v) is 9.51. The number of hydrogen-bond acceptors (Lipinski definition) is 7. The Morgan fingerprint density at radius 3 is 2.83 bits per heavy atom. The van der Waals surface area contributed by atoms with Crippen molar-refractivity contribution in [1.29, 1.82) is 0 Å². The Balaban J connectivity index is 1.25. The zero-order chi connectivity index (χ0) is 20.2. The van der Waals surface area contributed by atoms with Gasteiger partial charge in [-0.05, 0) is 43.0 Å². The third kappa shape index (κ3) is 4.36. The number of H-pyrrole nitrogens is 1. The molecule has 0 spiro atoms. The lowest BCUT2D eigenvalue weighted by atomic mass is 9.85. The lowest BCUT2D eigenvalue weighted by Gasteiger charge is -2.28. The Hall–Kier alpha value is -3.43. The molecule has 1 aliphatic rings. The number of aromatic nitrogens is 4. The van der Waals surface area contributed by atoms with Gasteiger partial charge in [-0.1, -0.05) is 5.16 Å². The summed E-state index contributed by atoms with van der Waals surface area (Å²) in [4.78, 5) is 32.2. The van der Waals surface area contributed by atoms with Gasteiger partial charge in [0.05, 0.1) is 24.7 Å². The second-order valence-corrected chi connectivity index (χ2v) is 7.10. The molecular weight excluding hydrogens is 376 g/mol. The van der Waals surface area contributed by atoms with Gasteiger partial charge in [0.1, 0.15) is 17.8 Å². The smallest absolute Gasteiger partial charge is 0.275 e. The van der Waals surface area contributed by atoms with E-state index in [0.29, 0.717) is 25.2 Å². The Bertz CT molecular complexity index is 991. The molecule has 4 rings (SSSR count). The maximum absolute atomic E-state index is 12.5. The van der Waals surface area contributed by atoms with Gasteiger partial charge in [-0.2, -0.15) is 0 Å². The molecule has 0 atom stereocenters. The summed E-state index contributed by atoms with van der Waals surface area (Å²) in [6.45, 7) is 0.339. The van der Waals surface area contributed by atoms with E-state index in [-0.39, 0.29) is 29.5 Å². The summed E-state index contributed by atoms with van der Waals surface area (Å²) in [6.07, 6.45) is 4.18. The van der Waals surface area contributed by atoms with Gasteiger partial charge in [-0.3, -0.25) is 9.59 Å². The quantitative estimate of drug-likeness (QED) is 0.573. The molecule has 0 radical (unpaired) electrons. The zero-order valence-corrected chi connectivity index (χ0v) is 16.0. The Morgan fingerprint density at radius 2 is 2.10 bits per heavy atom. The summed E-state index contributed by atoms with van der Waals surface area (Å²) in [7, 11) is 1.62. The molecule has 3 aromatic rings. The molecule has 0 unspecified atom stereocenters. The highest BCUT2D eigenvalue weighted by molar-refractivity contribution is 5.91. The zero-order valence-electron chi connectivity index (χ0n) is 16.0. The van der Waals surface area contributed by atoms with E-state index in [1.165, 1.54) is 6.20 Å². The first kappa shape index (κ1) is 18.9. The Kier molecular flexibility index (Phi) is 5.41. The topological polar surface area (TPSA) is 135 Å². The van der Waals surface area contributed by atoms with Crippen molar-refractivity contribution < 1.29 is 19.0 Å². The van der Waals surface area contributed by atoms with Crippen molar-refractivity contribution >= 4 is 22.8 Å². The standard InChI is InChI=1S/C19H22N6O4/c1-28-13-6-7-14-15(8-13)24-17(23-14)10-20-18(26)11-2-4-12(5-3-11)22-19(27)16-9-21-29-25-16/h6-9,11-12H,2-5,10H2,1H3,(H,20,26)(H,22,27)(H,23,24). The average Bonchev–Trinajstić information content (AvgIpc) is 3.41. The second-order valence-electron chi connectivity index (χ2n) is 7.10. The summed E-state index contributed by atoms with van der Waals surface area (Å²) in [6, 6.07) is 5.62. The van der Waals surface area contributed by atoms with Gasteiger partial charge in [0.25, 0.3) is 5.91 Å². The summed E-state index contributed by atoms with van der Waals surface area (Å²) in [5, 5.41) is 12.8. The van der Waals surface area contributed by atoms with E-state index in [9.17, 15) is 9.59 Å². The van der Waals surface area contributed by atoms with Crippen LogP contribution in [-0.4, -0.2) is 45.2 Å². The molecule has 2 aromatic heterocycles. The number of methoxy groups -OCH3 is 1. The number of rotatable bonds is 6. The molecule has 1 fully saturated rings. The van der Waals surface area contributed by atoms with Gasteiger partial charge in [-0.15, -0.1) is 0 Å². The number of nitrogens with one attached hydrogen (secondary N) is 3. The summed E-state index contributed by atoms with van der Waals surface area (Å²) >= 11 is 0. The molecule has 1 aliphatic carbocycles. The number of fused-ring (bicyclic) bond motifs is 1. The molecule has 0 aliphatic heterocycles. The number of amides is 2. The van der Waals surface area contributed by atoms with Crippen LogP contribution < -0.4 is 15.4 Å². The predicted molar refractivity (Wildman–Crippen MR) is 102 cm³/mol. The lowest BCUT2D eigenvalue weighted by molar-refractivity contribution is -0.126. The average molecular weight is 398 g/mol. The number of ether oxygens (including phenoxy) is 1. The van der Waals surface area contributed by atoms with Crippen molar-refractivity contribution in [3.8, 4) is 5.75 Å². The molecule has 2 amide bonds. The van der Waals surface area contributed by atoms with Crippen LogP contribution in [0.5, 0.6) is 5.75 Å². The van der Waals surface area contributed by atoms with Crippen molar-refractivity contribution in [3.63, 3.8) is 0 Å². The van der Waals surface area contributed by atoms with Crippen LogP contribution in [0.3, 0.4) is 0 Å². The molecule has 1 saturated carbocycles. The minimum absolute atomic E-state index is 0.00788. The first-order chi connectivity index (χ1) is 14.1. The number of aromatic amines is 1. The van der Waals surface area contributed by atoms with E-state index in [1.54, 1.807) is 7.11 Å². The van der Waals surface area contributed by atoms with Crippen LogP contribution in [0.4, 0.5) is 0 Å². The SMILES string of the molecule is COc1ccc2nc(CNC(=O)C3CCC(NC(=O)c4cnon4)CC3)[nH]c2c1. The van der Waals surface area contributed by atoms with Gasteiger partial charge in [0.2, 0.25) is 5.91 Å². The largest absolute Gasteiger partial charge is 0.497 e. The third-order valence-corrected chi connectivity index (χ3v) is 5.20. The fourth-order valence-corrected chi connectivity index (χ4v) is 3.59. The van der Waals surface area contributed by atoms with Crippen LogP contribution in [-0.2, 0) is 11.3 Å². The van der Waals surface area contributed by atoms with E-state index in [2.05, 4.69) is 35.5 Å². The predicted octanol–water partition coefficient (Wildman–Crippen LogP) is 1.56. The van der Waals surface area contributed by atoms with Gasteiger partial charge >= 0.3 is 0 Å². The molecular formula is C19H22N6O4. The van der Waals surface area contributed by atoms with Crippen molar-refractivity contribution in [2.24, 2.45) is 5.92 Å². The van der Waals surface area contributed by atoms with Gasteiger partial charge < -0.3 is 20.4 Å². The van der Waals surface area contributed by atoms with Gasteiger partial charge in [-0.25, -0.2) is 9.61 Å². The molecule has 152 valence electrons. The monoisotopic (exact) mass is 398 g/mol. The Labute approximate surface area is 166 Å². The van der Waals surface area contributed by atoms with Gasteiger partial charge in [0.15, 0.2) is 5.69 Å². The molecule has 1 aromatic carbocycles. The van der Waals surface area contributed by atoms with Gasteiger partial charge in [0, 0.05) is 18.0 Å². The van der Waals surface area contributed by atoms with E-state index in [4.69, 9.17) is 4.74 Å². The number of hydrogen-bond donors (Lipinski definition) is 3. The van der Waals surface area contributed by atoms with Crippen LogP contribution in [0.15, 0.2) is 29.0 Å². The first-order valence-electron chi connectivity index (χ1n) is 9.51. The molecule has 29 heavy (non-hydrogen) atoms. The highest BCUT2D eigenvalue weighted by Gasteiger charge is 2.27. The van der Waals surface area contributed by atoms with Crippen molar-refractivity contribution in [2.75, 3.05) is 7.11 Å². The normalized spacial score (nSPS) is 19.1. The maximum Gasteiger partial charge on any atom is 0.275 e. The minimum Gasteiger partial charge on any atom is -0.497 e. The molecule has 0 bridgehead atoms. The molecule has 10 heteroatoms. The van der Waals surface area contributed by atoms with E-state index in [0.717, 1.165) is 29.6 Å². The highest BCUT2D eigenvalue weighted by atomic mass is 16.6. The number of nitrogens with zero attached hydrogens (tertiary/aromatic N) is 3. The molecule has 3 N–H and O–H groups in total. The molecule has 10 nitrogen and oxygen atoms in total. The van der Waals surface area contributed by atoms with Crippen LogP contribution in [0, 0.1) is 5.92 Å². The van der Waals surface area contributed by atoms with Crippen LogP contribution in [0.2, 0.25) is 0 Å². The number of carbonyl (C=O) groups excluding carboxylic acids is 2. The number of carbonyl (C=O) groups is 2. The fraction of sp³-hybridized carbons (Fsp3) is 0.421. The van der Waals surface area contributed by atoms with E-state index in [1.807, 2.05) is 18.2 Å². The Morgan fingerprint density at radius 1 is 1.28 bits per heavy atom. The summed E-state index contributed by atoms with van der Waals surface area (Å²) < 4.78 is 9.65. The van der Waals surface area contributed by atoms with Crippen LogP contribution in [0.1, 0.15) is 42.0 Å². The van der Waals surface area contributed by atoms with E-state index < -0.39 is 0 Å². The van der Waals surface area contributed by atoms with Crippen LogP contribution >= 0.6 is 0 Å². The van der Waals surface area contributed by atoms with E-state index >= 15 is 0 Å². The maximum atomic E-state index is 12.5. The minimum atomic E-state index is -0.305. The second kappa shape index (κ2) is 8.29.